The van der Waals surface area contributed by atoms with Crippen molar-refractivity contribution < 1.29 is 14.3 Å². The molecule has 0 aliphatic rings. The van der Waals surface area contributed by atoms with Crippen molar-refractivity contribution in [3.05, 3.63) is 30.2 Å². The number of nitrogens with two attached hydrogens (primary N) is 1. The lowest BCUT2D eigenvalue weighted by atomic mass is 10.2. The molecule has 110 valence electrons. The zero-order valence-corrected chi connectivity index (χ0v) is 11.7. The van der Waals surface area contributed by atoms with Crippen molar-refractivity contribution in [2.24, 2.45) is 5.84 Å². The Kier molecular flexibility index (Phi) is 4.62. The summed E-state index contributed by atoms with van der Waals surface area (Å²) in [4.78, 5) is 23.9. The first-order chi connectivity index (χ1) is 10.2. The van der Waals surface area contributed by atoms with Gasteiger partial charge in [0.25, 0.3) is 5.91 Å². The number of ether oxygens (including phenoxy) is 2. The Labute approximate surface area is 121 Å². The van der Waals surface area contributed by atoms with Gasteiger partial charge in [-0.2, -0.15) is 4.98 Å². The molecule has 0 aliphatic heterocycles. The molecule has 8 nitrogen and oxygen atoms in total. The summed E-state index contributed by atoms with van der Waals surface area (Å²) >= 11 is 0. The minimum absolute atomic E-state index is 0.103. The third-order valence-corrected chi connectivity index (χ3v) is 2.59. The number of methoxy groups -OCH3 is 1. The van der Waals surface area contributed by atoms with E-state index in [4.69, 9.17) is 15.3 Å². The average Bonchev–Trinajstić information content (AvgIpc) is 2.54. The quantitative estimate of drug-likeness (QED) is 0.469. The Hall–Kier alpha value is -2.74. The van der Waals surface area contributed by atoms with Crippen LogP contribution in [0.2, 0.25) is 0 Å². The Morgan fingerprint density at radius 3 is 2.81 bits per heavy atom. The molecule has 0 radical (unpaired) electrons. The highest BCUT2D eigenvalue weighted by molar-refractivity contribution is 5.92. The molecule has 0 bridgehead atoms. The second-order valence-electron chi connectivity index (χ2n) is 3.90. The highest BCUT2D eigenvalue weighted by Crippen LogP contribution is 2.28. The van der Waals surface area contributed by atoms with Crippen LogP contribution in [0.3, 0.4) is 0 Å². The number of carbonyl (C=O) groups is 1. The van der Waals surface area contributed by atoms with Crippen LogP contribution in [-0.4, -0.2) is 34.6 Å². The number of pyridine rings is 1. The lowest BCUT2D eigenvalue weighted by Gasteiger charge is -2.09. The molecule has 8 heteroatoms. The van der Waals surface area contributed by atoms with E-state index in [1.807, 2.05) is 12.3 Å². The maximum atomic E-state index is 11.5. The molecule has 0 fully saturated rings. The Balaban J connectivity index is 2.43. The maximum absolute atomic E-state index is 11.5. The summed E-state index contributed by atoms with van der Waals surface area (Å²) < 4.78 is 10.5. The molecule has 0 saturated carbocycles. The smallest absolute Gasteiger partial charge is 0.285 e. The lowest BCUT2D eigenvalue weighted by molar-refractivity contribution is 0.0948. The Morgan fingerprint density at radius 2 is 2.14 bits per heavy atom. The Bertz CT molecular complexity index is 647. The van der Waals surface area contributed by atoms with Crippen LogP contribution < -0.4 is 20.7 Å². The van der Waals surface area contributed by atoms with Gasteiger partial charge in [-0.15, -0.1) is 0 Å². The van der Waals surface area contributed by atoms with Crippen LogP contribution in [0.1, 0.15) is 17.4 Å². The third kappa shape index (κ3) is 3.23. The minimum Gasteiger partial charge on any atom is -0.480 e. The number of hydrazine groups is 1. The monoisotopic (exact) mass is 289 g/mol. The van der Waals surface area contributed by atoms with Gasteiger partial charge in [-0.3, -0.25) is 15.2 Å². The minimum atomic E-state index is -0.526. The van der Waals surface area contributed by atoms with Crippen LogP contribution in [0.15, 0.2) is 24.5 Å². The molecular weight excluding hydrogens is 274 g/mol. The van der Waals surface area contributed by atoms with Gasteiger partial charge in [0.15, 0.2) is 0 Å². The number of nitrogens with zero attached hydrogens (tertiary/aromatic N) is 3. The topological polar surface area (TPSA) is 112 Å². The zero-order chi connectivity index (χ0) is 15.2. The zero-order valence-electron chi connectivity index (χ0n) is 11.7. The van der Waals surface area contributed by atoms with E-state index in [0.717, 1.165) is 0 Å². The number of aromatic nitrogens is 3. The van der Waals surface area contributed by atoms with E-state index >= 15 is 0 Å². The number of nitrogens with one attached hydrogen (secondary N) is 1. The van der Waals surface area contributed by atoms with Crippen molar-refractivity contribution in [3.8, 4) is 23.0 Å². The number of rotatable bonds is 5. The van der Waals surface area contributed by atoms with E-state index in [1.54, 1.807) is 12.1 Å². The van der Waals surface area contributed by atoms with Crippen molar-refractivity contribution in [1.82, 2.24) is 20.4 Å². The standard InChI is InChI=1S/C13H15N5O3/c1-3-21-11-5-4-8(13(17-11)20-2)9-6-15-7-10(16-9)12(19)18-14/h4-7H,3,14H2,1-2H3,(H,18,19). The van der Waals surface area contributed by atoms with Crippen LogP contribution in [0.4, 0.5) is 0 Å². The van der Waals surface area contributed by atoms with Gasteiger partial charge in [0.1, 0.15) is 5.69 Å². The first-order valence-electron chi connectivity index (χ1n) is 6.20. The number of amides is 1. The van der Waals surface area contributed by atoms with E-state index < -0.39 is 5.91 Å². The summed E-state index contributed by atoms with van der Waals surface area (Å²) in [6, 6.07) is 3.43. The Morgan fingerprint density at radius 1 is 1.33 bits per heavy atom. The van der Waals surface area contributed by atoms with Gasteiger partial charge in [-0.05, 0) is 13.0 Å². The summed E-state index contributed by atoms with van der Waals surface area (Å²) in [5, 5.41) is 0. The maximum Gasteiger partial charge on any atom is 0.285 e. The normalized spacial score (nSPS) is 10.0. The number of hydrogen-bond donors (Lipinski definition) is 2. The second kappa shape index (κ2) is 6.62. The molecule has 0 unspecified atom stereocenters. The van der Waals surface area contributed by atoms with E-state index in [1.165, 1.54) is 19.5 Å². The molecule has 3 N–H and O–H groups in total. The second-order valence-corrected chi connectivity index (χ2v) is 3.90. The summed E-state index contributed by atoms with van der Waals surface area (Å²) in [6.45, 7) is 2.36. The third-order valence-electron chi connectivity index (χ3n) is 2.59. The fourth-order valence-electron chi connectivity index (χ4n) is 1.68. The van der Waals surface area contributed by atoms with Crippen LogP contribution in [0, 0.1) is 0 Å². The first-order valence-corrected chi connectivity index (χ1v) is 6.20. The molecule has 2 heterocycles. The summed E-state index contributed by atoms with van der Waals surface area (Å²) in [6.07, 6.45) is 2.83. The van der Waals surface area contributed by atoms with Crippen LogP contribution in [-0.2, 0) is 0 Å². The average molecular weight is 289 g/mol. The fraction of sp³-hybridized carbons (Fsp3) is 0.231. The van der Waals surface area contributed by atoms with Gasteiger partial charge in [0, 0.05) is 6.07 Å². The van der Waals surface area contributed by atoms with E-state index in [9.17, 15) is 4.79 Å². The first kappa shape index (κ1) is 14.7. The SMILES string of the molecule is CCOc1ccc(-c2cncc(C(=O)NN)n2)c(OC)n1. The van der Waals surface area contributed by atoms with Crippen molar-refractivity contribution in [2.75, 3.05) is 13.7 Å². The van der Waals surface area contributed by atoms with Crippen molar-refractivity contribution in [1.29, 1.82) is 0 Å². The summed E-state index contributed by atoms with van der Waals surface area (Å²) in [5.74, 6) is 5.34. The molecule has 21 heavy (non-hydrogen) atoms. The van der Waals surface area contributed by atoms with Crippen LogP contribution in [0.25, 0.3) is 11.3 Å². The largest absolute Gasteiger partial charge is 0.480 e. The molecular formula is C13H15N5O3. The van der Waals surface area contributed by atoms with Gasteiger partial charge < -0.3 is 9.47 Å². The highest BCUT2D eigenvalue weighted by Gasteiger charge is 2.13. The summed E-state index contributed by atoms with van der Waals surface area (Å²) in [7, 11) is 1.49. The predicted molar refractivity (Wildman–Crippen MR) is 74.6 cm³/mol. The van der Waals surface area contributed by atoms with Crippen molar-refractivity contribution in [2.45, 2.75) is 6.92 Å². The number of carbonyl (C=O) groups excluding carboxylic acids is 1. The molecule has 2 aromatic heterocycles. The van der Waals surface area contributed by atoms with Gasteiger partial charge in [-0.25, -0.2) is 10.8 Å². The fourth-order valence-corrected chi connectivity index (χ4v) is 1.68. The molecule has 0 saturated heterocycles. The van der Waals surface area contributed by atoms with E-state index in [0.29, 0.717) is 29.6 Å². The molecule has 2 aromatic rings. The highest BCUT2D eigenvalue weighted by atomic mass is 16.5. The van der Waals surface area contributed by atoms with E-state index in [-0.39, 0.29) is 5.69 Å². The molecule has 1 amide bonds. The van der Waals surface area contributed by atoms with Crippen molar-refractivity contribution in [3.63, 3.8) is 0 Å². The van der Waals surface area contributed by atoms with E-state index in [2.05, 4.69) is 15.0 Å². The lowest BCUT2D eigenvalue weighted by Crippen LogP contribution is -2.30. The van der Waals surface area contributed by atoms with Crippen molar-refractivity contribution >= 4 is 5.91 Å². The van der Waals surface area contributed by atoms with Gasteiger partial charge in [0.2, 0.25) is 11.8 Å². The molecule has 0 spiro atoms. The van der Waals surface area contributed by atoms with Crippen LogP contribution >= 0.6 is 0 Å². The molecule has 2 rings (SSSR count). The van der Waals surface area contributed by atoms with Gasteiger partial charge in [-0.1, -0.05) is 0 Å². The molecule has 0 aliphatic carbocycles. The van der Waals surface area contributed by atoms with Gasteiger partial charge in [0.05, 0.1) is 37.4 Å². The number of nitrogen functional groups attached to an aromatic ring is 1. The summed E-state index contributed by atoms with van der Waals surface area (Å²) in [5.41, 5.74) is 3.15. The number of hydrogen-bond acceptors (Lipinski definition) is 7. The molecule has 0 atom stereocenters. The van der Waals surface area contributed by atoms with Crippen LogP contribution in [0.5, 0.6) is 11.8 Å². The predicted octanol–water partition coefficient (Wildman–Crippen LogP) is 0.549. The van der Waals surface area contributed by atoms with Gasteiger partial charge >= 0.3 is 0 Å². The molecule has 0 aromatic carbocycles.